The molecule has 1 aromatic rings. The van der Waals surface area contributed by atoms with Crippen molar-refractivity contribution in [3.63, 3.8) is 0 Å². The van der Waals surface area contributed by atoms with Crippen LogP contribution in [0.5, 0.6) is 0 Å². The molecule has 4 heteroatoms. The zero-order valence-electron chi connectivity index (χ0n) is 7.81. The van der Waals surface area contributed by atoms with Gasteiger partial charge in [-0.15, -0.1) is 0 Å². The molecule has 0 spiro atoms. The van der Waals surface area contributed by atoms with Gasteiger partial charge < -0.3 is 10.5 Å². The molecule has 13 heavy (non-hydrogen) atoms. The quantitative estimate of drug-likeness (QED) is 0.686. The van der Waals surface area contributed by atoms with E-state index in [0.717, 1.165) is 25.1 Å². The largest absolute Gasteiger partial charge is 0.385 e. The Labute approximate surface area is 78.1 Å². The zero-order chi connectivity index (χ0) is 9.52. The van der Waals surface area contributed by atoms with Crippen LogP contribution >= 0.6 is 0 Å². The number of nitrogens with zero attached hydrogens (tertiary/aromatic N) is 2. The highest BCUT2D eigenvalue weighted by Crippen LogP contribution is 2.11. The maximum Gasteiger partial charge on any atom is 0.115 e. The lowest BCUT2D eigenvalue weighted by atomic mass is 10.1. The molecular weight excluding hydrogens is 166 g/mol. The van der Waals surface area contributed by atoms with Gasteiger partial charge in [0, 0.05) is 26.0 Å². The number of hydrogen-bond donors (Lipinski definition) is 1. The lowest BCUT2D eigenvalue weighted by Gasteiger charge is -2.09. The lowest BCUT2D eigenvalue weighted by Crippen LogP contribution is -2.12. The van der Waals surface area contributed by atoms with Crippen molar-refractivity contribution < 1.29 is 4.74 Å². The second kappa shape index (κ2) is 5.61. The van der Waals surface area contributed by atoms with Gasteiger partial charge in [0.25, 0.3) is 0 Å². The number of aromatic nitrogens is 2. The van der Waals surface area contributed by atoms with Gasteiger partial charge in [-0.2, -0.15) is 0 Å². The fourth-order valence-corrected chi connectivity index (χ4v) is 1.12. The SMILES string of the molecule is COCCCC(N)c1ccncn1. The van der Waals surface area contributed by atoms with Crippen molar-refractivity contribution in [3.8, 4) is 0 Å². The first-order valence-corrected chi connectivity index (χ1v) is 4.35. The Balaban J connectivity index is 2.35. The number of rotatable bonds is 5. The molecule has 4 nitrogen and oxygen atoms in total. The summed E-state index contributed by atoms with van der Waals surface area (Å²) in [6.45, 7) is 0.749. The van der Waals surface area contributed by atoms with Crippen LogP contribution in [0.3, 0.4) is 0 Å². The molecule has 1 rings (SSSR count). The molecule has 0 aliphatic rings. The van der Waals surface area contributed by atoms with Crippen molar-refractivity contribution in [2.24, 2.45) is 5.73 Å². The minimum absolute atomic E-state index is 0.00171. The summed E-state index contributed by atoms with van der Waals surface area (Å²) in [5.74, 6) is 0. The molecule has 0 fully saturated rings. The Morgan fingerprint density at radius 1 is 1.62 bits per heavy atom. The van der Waals surface area contributed by atoms with Gasteiger partial charge in [0.05, 0.1) is 5.69 Å². The van der Waals surface area contributed by atoms with E-state index in [1.54, 1.807) is 13.3 Å². The average Bonchev–Trinajstić information content (AvgIpc) is 2.19. The standard InChI is InChI=1S/C9H15N3O/c1-13-6-2-3-8(10)9-4-5-11-7-12-9/h4-5,7-8H,2-3,6,10H2,1H3. The molecule has 1 heterocycles. The summed E-state index contributed by atoms with van der Waals surface area (Å²) in [4.78, 5) is 7.91. The Bertz CT molecular complexity index is 228. The smallest absolute Gasteiger partial charge is 0.115 e. The summed E-state index contributed by atoms with van der Waals surface area (Å²) in [6.07, 6.45) is 5.08. The highest BCUT2D eigenvalue weighted by atomic mass is 16.5. The monoisotopic (exact) mass is 181 g/mol. The summed E-state index contributed by atoms with van der Waals surface area (Å²) in [5, 5.41) is 0. The third kappa shape index (κ3) is 3.48. The molecule has 0 radical (unpaired) electrons. The fourth-order valence-electron chi connectivity index (χ4n) is 1.12. The van der Waals surface area contributed by atoms with E-state index in [1.165, 1.54) is 6.33 Å². The minimum atomic E-state index is -0.00171. The predicted octanol–water partition coefficient (Wildman–Crippen LogP) is 0.903. The minimum Gasteiger partial charge on any atom is -0.385 e. The molecule has 0 amide bonds. The van der Waals surface area contributed by atoms with Crippen molar-refractivity contribution >= 4 is 0 Å². The summed E-state index contributed by atoms with van der Waals surface area (Å²) in [6, 6.07) is 1.84. The number of methoxy groups -OCH3 is 1. The van der Waals surface area contributed by atoms with Gasteiger partial charge in [-0.3, -0.25) is 0 Å². The molecule has 0 saturated carbocycles. The molecule has 1 aromatic heterocycles. The second-order valence-electron chi connectivity index (χ2n) is 2.88. The van der Waals surface area contributed by atoms with E-state index < -0.39 is 0 Å². The molecule has 0 saturated heterocycles. The number of hydrogen-bond acceptors (Lipinski definition) is 4. The highest BCUT2D eigenvalue weighted by molar-refractivity contribution is 5.03. The van der Waals surface area contributed by atoms with E-state index in [1.807, 2.05) is 6.07 Å². The van der Waals surface area contributed by atoms with E-state index in [9.17, 15) is 0 Å². The van der Waals surface area contributed by atoms with Crippen LogP contribution in [-0.4, -0.2) is 23.7 Å². The predicted molar refractivity (Wildman–Crippen MR) is 50.1 cm³/mol. The third-order valence-electron chi connectivity index (χ3n) is 1.85. The first-order chi connectivity index (χ1) is 6.34. The van der Waals surface area contributed by atoms with Gasteiger partial charge in [-0.1, -0.05) is 0 Å². The van der Waals surface area contributed by atoms with Crippen LogP contribution in [0.25, 0.3) is 0 Å². The van der Waals surface area contributed by atoms with E-state index in [4.69, 9.17) is 10.5 Å². The maximum atomic E-state index is 5.89. The van der Waals surface area contributed by atoms with Gasteiger partial charge in [-0.05, 0) is 18.9 Å². The normalized spacial score (nSPS) is 12.8. The Morgan fingerprint density at radius 3 is 3.08 bits per heavy atom. The van der Waals surface area contributed by atoms with Gasteiger partial charge in [0.1, 0.15) is 6.33 Å². The molecule has 72 valence electrons. The van der Waals surface area contributed by atoms with Crippen molar-refractivity contribution in [2.45, 2.75) is 18.9 Å². The van der Waals surface area contributed by atoms with Crippen molar-refractivity contribution in [1.29, 1.82) is 0 Å². The average molecular weight is 181 g/mol. The van der Waals surface area contributed by atoms with Gasteiger partial charge in [0.15, 0.2) is 0 Å². The second-order valence-corrected chi connectivity index (χ2v) is 2.88. The maximum absolute atomic E-state index is 5.89. The van der Waals surface area contributed by atoms with Crippen LogP contribution in [0.1, 0.15) is 24.6 Å². The van der Waals surface area contributed by atoms with Crippen molar-refractivity contribution in [3.05, 3.63) is 24.3 Å². The molecule has 0 aliphatic heterocycles. The summed E-state index contributed by atoms with van der Waals surface area (Å²) in [7, 11) is 1.69. The molecule has 0 aliphatic carbocycles. The van der Waals surface area contributed by atoms with Crippen LogP contribution in [0, 0.1) is 0 Å². The van der Waals surface area contributed by atoms with Gasteiger partial charge in [0.2, 0.25) is 0 Å². The molecule has 2 N–H and O–H groups in total. The molecule has 1 unspecified atom stereocenters. The first kappa shape index (κ1) is 10.1. The van der Waals surface area contributed by atoms with Crippen LogP contribution in [0.2, 0.25) is 0 Å². The zero-order valence-corrected chi connectivity index (χ0v) is 7.81. The highest BCUT2D eigenvalue weighted by Gasteiger charge is 2.05. The molecule has 0 aromatic carbocycles. The molecule has 0 bridgehead atoms. The number of nitrogens with two attached hydrogens (primary N) is 1. The van der Waals surface area contributed by atoms with Crippen LogP contribution in [0.15, 0.2) is 18.6 Å². The van der Waals surface area contributed by atoms with E-state index in [0.29, 0.717) is 0 Å². The molecular formula is C9H15N3O. The Morgan fingerprint density at radius 2 is 2.46 bits per heavy atom. The van der Waals surface area contributed by atoms with Crippen molar-refractivity contribution in [2.75, 3.05) is 13.7 Å². The van der Waals surface area contributed by atoms with E-state index >= 15 is 0 Å². The fraction of sp³-hybridized carbons (Fsp3) is 0.556. The number of ether oxygens (including phenoxy) is 1. The van der Waals surface area contributed by atoms with Crippen LogP contribution < -0.4 is 5.73 Å². The van der Waals surface area contributed by atoms with Crippen molar-refractivity contribution in [1.82, 2.24) is 9.97 Å². The lowest BCUT2D eigenvalue weighted by molar-refractivity contribution is 0.190. The van der Waals surface area contributed by atoms with Crippen LogP contribution in [0.4, 0.5) is 0 Å². The topological polar surface area (TPSA) is 61.0 Å². The molecule has 1 atom stereocenters. The summed E-state index contributed by atoms with van der Waals surface area (Å²) >= 11 is 0. The Hall–Kier alpha value is -1.00. The van der Waals surface area contributed by atoms with Crippen LogP contribution in [-0.2, 0) is 4.74 Å². The first-order valence-electron chi connectivity index (χ1n) is 4.35. The summed E-state index contributed by atoms with van der Waals surface area (Å²) in [5.41, 5.74) is 6.78. The summed E-state index contributed by atoms with van der Waals surface area (Å²) < 4.78 is 4.94. The third-order valence-corrected chi connectivity index (χ3v) is 1.85. The van der Waals surface area contributed by atoms with Gasteiger partial charge in [-0.25, -0.2) is 9.97 Å². The Kier molecular flexibility index (Phi) is 4.35. The van der Waals surface area contributed by atoms with E-state index in [-0.39, 0.29) is 6.04 Å². The van der Waals surface area contributed by atoms with Gasteiger partial charge >= 0.3 is 0 Å². The van der Waals surface area contributed by atoms with E-state index in [2.05, 4.69) is 9.97 Å².